The highest BCUT2D eigenvalue weighted by atomic mass is 19.4. The second kappa shape index (κ2) is 6.12. The first-order chi connectivity index (χ1) is 12.9. The Morgan fingerprint density at radius 2 is 1.89 bits per heavy atom. The van der Waals surface area contributed by atoms with Gasteiger partial charge in [-0.15, -0.1) is 0 Å². The number of carbonyl (C=O) groups is 1. The van der Waals surface area contributed by atoms with Crippen LogP contribution < -0.4 is 5.73 Å². The number of halogens is 3. The molecule has 1 amide bonds. The highest BCUT2D eigenvalue weighted by Crippen LogP contribution is 2.36. The van der Waals surface area contributed by atoms with E-state index in [1.165, 1.54) is 0 Å². The van der Waals surface area contributed by atoms with Gasteiger partial charge in [-0.1, -0.05) is 6.07 Å². The van der Waals surface area contributed by atoms with Gasteiger partial charge in [0.2, 0.25) is 5.91 Å². The summed E-state index contributed by atoms with van der Waals surface area (Å²) in [4.78, 5) is 15.8. The molecule has 2 heterocycles. The number of hydrogen-bond acceptors (Lipinski definition) is 2. The molecule has 2 aromatic carbocycles. The molecule has 0 aliphatic rings. The Morgan fingerprint density at radius 3 is 2.56 bits per heavy atom. The topological polar surface area (TPSA) is 60.9 Å². The van der Waals surface area contributed by atoms with Gasteiger partial charge in [0.15, 0.2) is 0 Å². The summed E-state index contributed by atoms with van der Waals surface area (Å²) in [5, 5.41) is 0.934. The Bertz CT molecular complexity index is 1160. The van der Waals surface area contributed by atoms with Crippen molar-refractivity contribution in [1.82, 2.24) is 9.55 Å². The Balaban J connectivity index is 2.07. The van der Waals surface area contributed by atoms with E-state index in [1.54, 1.807) is 47.3 Å². The monoisotopic (exact) mass is 368 g/mol. The number of hydrogen-bond donors (Lipinski definition) is 1. The quantitative estimate of drug-likeness (QED) is 0.590. The summed E-state index contributed by atoms with van der Waals surface area (Å²) in [6.07, 6.45) is -1.26. The average molecular weight is 368 g/mol. The molecule has 2 N–H and O–H groups in total. The molecule has 1 radical (unpaired) electrons. The van der Waals surface area contributed by atoms with Crippen molar-refractivity contribution >= 4 is 27.7 Å². The SMILES string of the molecule is NC(=O)c1cccc2c1c1[c]cc(C(F)(F)F)cc1n2Cc1ccncc1. The van der Waals surface area contributed by atoms with E-state index in [0.29, 0.717) is 28.4 Å². The van der Waals surface area contributed by atoms with Crippen molar-refractivity contribution in [3.05, 3.63) is 77.6 Å². The molecule has 0 aliphatic heterocycles. The number of amides is 1. The number of fused-ring (bicyclic) bond motifs is 3. The zero-order chi connectivity index (χ0) is 19.2. The van der Waals surface area contributed by atoms with Gasteiger partial charge >= 0.3 is 6.18 Å². The van der Waals surface area contributed by atoms with Crippen molar-refractivity contribution in [3.8, 4) is 0 Å². The Kier molecular flexibility index (Phi) is 3.87. The van der Waals surface area contributed by atoms with Crippen LogP contribution in [-0.4, -0.2) is 15.5 Å². The van der Waals surface area contributed by atoms with E-state index in [2.05, 4.69) is 11.1 Å². The van der Waals surface area contributed by atoms with Crippen LogP contribution in [0.4, 0.5) is 13.2 Å². The molecule has 0 atom stereocenters. The molecule has 0 spiro atoms. The second-order valence-corrected chi connectivity index (χ2v) is 6.15. The molecule has 0 aliphatic carbocycles. The van der Waals surface area contributed by atoms with Gasteiger partial charge in [0.05, 0.1) is 16.6 Å². The van der Waals surface area contributed by atoms with Gasteiger partial charge < -0.3 is 10.3 Å². The molecule has 2 aromatic heterocycles. The highest BCUT2D eigenvalue weighted by Gasteiger charge is 2.31. The van der Waals surface area contributed by atoms with Crippen LogP contribution in [0.5, 0.6) is 0 Å². The first-order valence-corrected chi connectivity index (χ1v) is 8.09. The van der Waals surface area contributed by atoms with Gasteiger partial charge in [-0.2, -0.15) is 13.2 Å². The van der Waals surface area contributed by atoms with E-state index in [0.717, 1.165) is 17.7 Å². The van der Waals surface area contributed by atoms with Crippen molar-refractivity contribution < 1.29 is 18.0 Å². The van der Waals surface area contributed by atoms with Crippen molar-refractivity contribution in [3.63, 3.8) is 0 Å². The lowest BCUT2D eigenvalue weighted by Crippen LogP contribution is -2.11. The molecule has 4 aromatic rings. The van der Waals surface area contributed by atoms with Gasteiger partial charge in [0.1, 0.15) is 0 Å². The van der Waals surface area contributed by atoms with Gasteiger partial charge in [-0.05, 0) is 48.0 Å². The summed E-state index contributed by atoms with van der Waals surface area (Å²) in [7, 11) is 0. The highest BCUT2D eigenvalue weighted by molar-refractivity contribution is 6.17. The maximum atomic E-state index is 13.2. The van der Waals surface area contributed by atoms with E-state index in [-0.39, 0.29) is 5.56 Å². The van der Waals surface area contributed by atoms with Crippen LogP contribution in [0.2, 0.25) is 0 Å². The smallest absolute Gasteiger partial charge is 0.366 e. The number of pyridine rings is 1. The average Bonchev–Trinajstić information content (AvgIpc) is 2.95. The first-order valence-electron chi connectivity index (χ1n) is 8.09. The lowest BCUT2D eigenvalue weighted by molar-refractivity contribution is -0.137. The molecule has 0 bridgehead atoms. The standard InChI is InChI=1S/C20H13F3N3O/c21-20(22,23)13-4-5-14-17(10-13)26(11-12-6-8-25-9-7-12)16-3-1-2-15(18(14)16)19(24)27/h1-4,6-10H,11H2,(H2,24,27). The zero-order valence-corrected chi connectivity index (χ0v) is 13.9. The van der Waals surface area contributed by atoms with Crippen LogP contribution in [0.15, 0.2) is 54.9 Å². The first kappa shape index (κ1) is 17.1. The molecule has 0 unspecified atom stereocenters. The minimum Gasteiger partial charge on any atom is -0.366 e. The predicted octanol–water partition coefficient (Wildman–Crippen LogP) is 4.16. The Labute approximate surface area is 152 Å². The van der Waals surface area contributed by atoms with E-state index < -0.39 is 17.6 Å². The molecule has 135 valence electrons. The van der Waals surface area contributed by atoms with Crippen molar-refractivity contribution in [2.24, 2.45) is 5.73 Å². The predicted molar refractivity (Wildman–Crippen MR) is 95.1 cm³/mol. The van der Waals surface area contributed by atoms with Crippen LogP contribution in [-0.2, 0) is 12.7 Å². The third-order valence-corrected chi connectivity index (χ3v) is 4.48. The fourth-order valence-corrected chi connectivity index (χ4v) is 3.27. The number of nitrogens with two attached hydrogens (primary N) is 1. The Morgan fingerprint density at radius 1 is 1.15 bits per heavy atom. The maximum absolute atomic E-state index is 13.2. The van der Waals surface area contributed by atoms with Gasteiger partial charge in [0.25, 0.3) is 0 Å². The zero-order valence-electron chi connectivity index (χ0n) is 13.9. The molecule has 27 heavy (non-hydrogen) atoms. The number of nitrogens with zero attached hydrogens (tertiary/aromatic N) is 2. The summed E-state index contributed by atoms with van der Waals surface area (Å²) >= 11 is 0. The molecular formula is C20H13F3N3O. The summed E-state index contributed by atoms with van der Waals surface area (Å²) < 4.78 is 41.4. The van der Waals surface area contributed by atoms with E-state index >= 15 is 0 Å². The molecule has 4 rings (SSSR count). The minimum atomic E-state index is -4.49. The molecule has 7 heteroatoms. The number of carbonyl (C=O) groups excluding carboxylic acids is 1. The third kappa shape index (κ3) is 2.91. The van der Waals surface area contributed by atoms with Crippen LogP contribution in [0.1, 0.15) is 21.5 Å². The van der Waals surface area contributed by atoms with Crippen molar-refractivity contribution in [1.29, 1.82) is 0 Å². The number of alkyl halides is 3. The maximum Gasteiger partial charge on any atom is 0.416 e. The number of rotatable bonds is 3. The molecule has 4 nitrogen and oxygen atoms in total. The van der Waals surface area contributed by atoms with Crippen LogP contribution >= 0.6 is 0 Å². The summed E-state index contributed by atoms with van der Waals surface area (Å²) in [5.41, 5.74) is 6.76. The fraction of sp³-hybridized carbons (Fsp3) is 0.100. The molecule has 0 saturated carbocycles. The van der Waals surface area contributed by atoms with Gasteiger partial charge in [-0.25, -0.2) is 0 Å². The van der Waals surface area contributed by atoms with Crippen LogP contribution in [0, 0.1) is 6.07 Å². The fourth-order valence-electron chi connectivity index (χ4n) is 3.27. The number of primary amides is 1. The number of benzene rings is 2. The van der Waals surface area contributed by atoms with Crippen molar-refractivity contribution in [2.75, 3.05) is 0 Å². The van der Waals surface area contributed by atoms with Gasteiger partial charge in [0, 0.05) is 35.3 Å². The largest absolute Gasteiger partial charge is 0.416 e. The summed E-state index contributed by atoms with van der Waals surface area (Å²) in [6.45, 7) is 0.319. The van der Waals surface area contributed by atoms with E-state index in [1.807, 2.05) is 0 Å². The molecule has 0 fully saturated rings. The van der Waals surface area contributed by atoms with Crippen molar-refractivity contribution in [2.45, 2.75) is 12.7 Å². The van der Waals surface area contributed by atoms with Gasteiger partial charge in [-0.3, -0.25) is 9.78 Å². The van der Waals surface area contributed by atoms with Crippen LogP contribution in [0.3, 0.4) is 0 Å². The van der Waals surface area contributed by atoms with Crippen LogP contribution in [0.25, 0.3) is 21.8 Å². The third-order valence-electron chi connectivity index (χ3n) is 4.48. The summed E-state index contributed by atoms with van der Waals surface area (Å²) in [6, 6.07) is 13.2. The lowest BCUT2D eigenvalue weighted by Gasteiger charge is -2.10. The molecule has 0 saturated heterocycles. The summed E-state index contributed by atoms with van der Waals surface area (Å²) in [5.74, 6) is -0.642. The Hall–Kier alpha value is -3.35. The second-order valence-electron chi connectivity index (χ2n) is 6.15. The normalized spacial score (nSPS) is 12.0. The molecular weight excluding hydrogens is 355 g/mol. The lowest BCUT2D eigenvalue weighted by atomic mass is 10.0. The number of aromatic nitrogens is 2. The van der Waals surface area contributed by atoms with E-state index in [4.69, 9.17) is 5.73 Å². The van der Waals surface area contributed by atoms with E-state index in [9.17, 15) is 18.0 Å². The minimum absolute atomic E-state index is 0.252.